The normalized spacial score (nSPS) is 10.3. The first-order valence-corrected chi connectivity index (χ1v) is 7.44. The van der Waals surface area contributed by atoms with E-state index in [1.807, 2.05) is 6.07 Å². The first kappa shape index (κ1) is 14.7. The average Bonchev–Trinajstić information content (AvgIpc) is 2.36. The van der Waals surface area contributed by atoms with Crippen LogP contribution in [0, 0.1) is 9.39 Å². The van der Waals surface area contributed by atoms with Crippen LogP contribution in [-0.4, -0.2) is 5.91 Å². The first-order valence-electron chi connectivity index (χ1n) is 5.19. The second-order valence-corrected chi connectivity index (χ2v) is 6.24. The maximum absolute atomic E-state index is 13.5. The molecule has 0 spiro atoms. The summed E-state index contributed by atoms with van der Waals surface area (Å²) in [7, 11) is 0. The van der Waals surface area contributed by atoms with Crippen molar-refractivity contribution in [2.24, 2.45) is 0 Å². The Labute approximate surface area is 136 Å². The third-order valence-electron chi connectivity index (χ3n) is 2.35. The minimum atomic E-state index is -0.528. The second-order valence-electron chi connectivity index (χ2n) is 3.70. The lowest BCUT2D eigenvalue weighted by molar-refractivity contribution is 0.102. The molecule has 98 valence electrons. The highest BCUT2D eigenvalue weighted by molar-refractivity contribution is 14.1. The van der Waals surface area contributed by atoms with Crippen LogP contribution in [0.2, 0.25) is 5.02 Å². The van der Waals surface area contributed by atoms with Gasteiger partial charge in [-0.1, -0.05) is 11.6 Å². The van der Waals surface area contributed by atoms with Gasteiger partial charge in [0.15, 0.2) is 0 Å². The molecule has 2 rings (SSSR count). The predicted octanol–water partition coefficient (Wildman–Crippen LogP) is 5.10. The van der Waals surface area contributed by atoms with Crippen molar-refractivity contribution >= 4 is 61.7 Å². The van der Waals surface area contributed by atoms with Crippen molar-refractivity contribution in [1.29, 1.82) is 0 Å². The number of carbonyl (C=O) groups is 1. The summed E-state index contributed by atoms with van der Waals surface area (Å²) in [5.74, 6) is -0.925. The van der Waals surface area contributed by atoms with Crippen LogP contribution in [0.25, 0.3) is 0 Å². The van der Waals surface area contributed by atoms with E-state index in [1.165, 1.54) is 18.2 Å². The molecule has 2 nitrogen and oxygen atoms in total. The number of benzene rings is 2. The second kappa shape index (κ2) is 6.19. The Morgan fingerprint density at radius 2 is 2.00 bits per heavy atom. The van der Waals surface area contributed by atoms with E-state index in [0.29, 0.717) is 15.1 Å². The molecule has 2 aromatic carbocycles. The minimum absolute atomic E-state index is 0.0586. The van der Waals surface area contributed by atoms with Gasteiger partial charge in [0.1, 0.15) is 5.82 Å². The molecule has 0 saturated heterocycles. The standard InChI is InChI=1S/C13H7BrClFINO/c14-10-3-2-8(17)6-9(10)13(19)18-12-5-7(15)1-4-11(12)16/h1-6H,(H,18,19). The zero-order chi connectivity index (χ0) is 14.0. The van der Waals surface area contributed by atoms with E-state index in [9.17, 15) is 9.18 Å². The van der Waals surface area contributed by atoms with Gasteiger partial charge in [-0.2, -0.15) is 0 Å². The number of rotatable bonds is 2. The topological polar surface area (TPSA) is 29.1 Å². The van der Waals surface area contributed by atoms with Gasteiger partial charge in [0, 0.05) is 13.1 Å². The average molecular weight is 454 g/mol. The van der Waals surface area contributed by atoms with Gasteiger partial charge in [-0.25, -0.2) is 4.39 Å². The predicted molar refractivity (Wildman–Crippen MR) is 86.2 cm³/mol. The molecule has 1 N–H and O–H groups in total. The van der Waals surface area contributed by atoms with Gasteiger partial charge < -0.3 is 5.32 Å². The molecule has 0 radical (unpaired) electrons. The van der Waals surface area contributed by atoms with Gasteiger partial charge >= 0.3 is 0 Å². The van der Waals surface area contributed by atoms with E-state index in [1.54, 1.807) is 12.1 Å². The summed E-state index contributed by atoms with van der Waals surface area (Å²) >= 11 is 11.2. The molecule has 1 amide bonds. The number of carbonyl (C=O) groups excluding carboxylic acids is 1. The third kappa shape index (κ3) is 3.67. The first-order chi connectivity index (χ1) is 8.97. The lowest BCUT2D eigenvalue weighted by atomic mass is 10.2. The number of anilines is 1. The molecule has 2 aromatic rings. The van der Waals surface area contributed by atoms with E-state index in [2.05, 4.69) is 43.8 Å². The number of amides is 1. The van der Waals surface area contributed by atoms with Crippen molar-refractivity contribution < 1.29 is 9.18 Å². The molecule has 0 unspecified atom stereocenters. The molecule has 0 heterocycles. The molecule has 0 aliphatic heterocycles. The van der Waals surface area contributed by atoms with Gasteiger partial charge in [0.2, 0.25) is 0 Å². The Morgan fingerprint density at radius 1 is 1.26 bits per heavy atom. The lowest BCUT2D eigenvalue weighted by Gasteiger charge is -2.08. The smallest absolute Gasteiger partial charge is 0.256 e. The summed E-state index contributed by atoms with van der Waals surface area (Å²) in [5, 5.41) is 2.86. The maximum Gasteiger partial charge on any atom is 0.256 e. The molecule has 6 heteroatoms. The Balaban J connectivity index is 2.30. The Kier molecular flexibility index (Phi) is 4.81. The zero-order valence-electron chi connectivity index (χ0n) is 9.38. The molecular weight excluding hydrogens is 447 g/mol. The highest BCUT2D eigenvalue weighted by Gasteiger charge is 2.13. The maximum atomic E-state index is 13.5. The fraction of sp³-hybridized carbons (Fsp3) is 0. The van der Waals surface area contributed by atoms with Gasteiger partial charge in [-0.15, -0.1) is 0 Å². The quantitative estimate of drug-likeness (QED) is 0.629. The van der Waals surface area contributed by atoms with E-state index in [0.717, 1.165) is 3.57 Å². The summed E-state index contributed by atoms with van der Waals surface area (Å²) in [5.41, 5.74) is 0.495. The number of halogens is 4. The highest BCUT2D eigenvalue weighted by atomic mass is 127. The van der Waals surface area contributed by atoms with Crippen molar-refractivity contribution in [3.63, 3.8) is 0 Å². The molecule has 0 saturated carbocycles. The third-order valence-corrected chi connectivity index (χ3v) is 3.95. The summed E-state index contributed by atoms with van der Waals surface area (Å²) < 4.78 is 15.1. The monoisotopic (exact) mass is 453 g/mol. The van der Waals surface area contributed by atoms with Crippen molar-refractivity contribution in [3.05, 3.63) is 60.8 Å². The van der Waals surface area contributed by atoms with Crippen molar-refractivity contribution in [3.8, 4) is 0 Å². The summed E-state index contributed by atoms with van der Waals surface area (Å²) in [6, 6.07) is 9.35. The van der Waals surface area contributed by atoms with Crippen LogP contribution < -0.4 is 5.32 Å². The molecule has 19 heavy (non-hydrogen) atoms. The lowest BCUT2D eigenvalue weighted by Crippen LogP contribution is -2.13. The van der Waals surface area contributed by atoms with Gasteiger partial charge in [-0.05, 0) is 74.9 Å². The minimum Gasteiger partial charge on any atom is -0.319 e. The molecule has 0 aliphatic rings. The number of hydrogen-bond acceptors (Lipinski definition) is 1. The van der Waals surface area contributed by atoms with Crippen LogP contribution in [0.5, 0.6) is 0 Å². The SMILES string of the molecule is O=C(Nc1cc(Cl)ccc1F)c1cc(I)ccc1Br. The van der Waals surface area contributed by atoms with Crippen molar-refractivity contribution in [2.45, 2.75) is 0 Å². The van der Waals surface area contributed by atoms with Crippen molar-refractivity contribution in [2.75, 3.05) is 5.32 Å². The van der Waals surface area contributed by atoms with Gasteiger partial charge in [0.25, 0.3) is 5.91 Å². The van der Waals surface area contributed by atoms with Crippen LogP contribution in [0.1, 0.15) is 10.4 Å². The molecule has 0 atom stereocenters. The Morgan fingerprint density at radius 3 is 2.74 bits per heavy atom. The molecule has 0 aromatic heterocycles. The number of nitrogens with one attached hydrogen (secondary N) is 1. The van der Waals surface area contributed by atoms with Crippen LogP contribution in [0.4, 0.5) is 10.1 Å². The van der Waals surface area contributed by atoms with Crippen LogP contribution in [-0.2, 0) is 0 Å². The van der Waals surface area contributed by atoms with Crippen LogP contribution in [0.15, 0.2) is 40.9 Å². The van der Waals surface area contributed by atoms with E-state index < -0.39 is 11.7 Å². The zero-order valence-corrected chi connectivity index (χ0v) is 13.9. The summed E-state index contributed by atoms with van der Waals surface area (Å²) in [4.78, 5) is 12.1. The van der Waals surface area contributed by atoms with E-state index in [4.69, 9.17) is 11.6 Å². The Bertz CT molecular complexity index is 651. The molecule has 0 aliphatic carbocycles. The Hall–Kier alpha value is -0.660. The number of hydrogen-bond donors (Lipinski definition) is 1. The van der Waals surface area contributed by atoms with E-state index in [-0.39, 0.29) is 5.69 Å². The molecule has 0 fully saturated rings. The van der Waals surface area contributed by atoms with Gasteiger partial charge in [0.05, 0.1) is 11.3 Å². The van der Waals surface area contributed by atoms with Crippen LogP contribution in [0.3, 0.4) is 0 Å². The highest BCUT2D eigenvalue weighted by Crippen LogP contribution is 2.23. The fourth-order valence-corrected chi connectivity index (χ4v) is 2.54. The molecule has 0 bridgehead atoms. The molecular formula is C13H7BrClFINO. The van der Waals surface area contributed by atoms with Crippen molar-refractivity contribution in [1.82, 2.24) is 0 Å². The summed E-state index contributed by atoms with van der Waals surface area (Å²) in [6.45, 7) is 0. The van der Waals surface area contributed by atoms with Crippen LogP contribution >= 0.6 is 50.1 Å². The van der Waals surface area contributed by atoms with Gasteiger partial charge in [-0.3, -0.25) is 4.79 Å². The summed E-state index contributed by atoms with van der Waals surface area (Å²) in [6.07, 6.45) is 0. The largest absolute Gasteiger partial charge is 0.319 e. The van der Waals surface area contributed by atoms with E-state index >= 15 is 0 Å². The fourth-order valence-electron chi connectivity index (χ4n) is 1.45.